The average molecular weight is 362 g/mol. The maximum absolute atomic E-state index is 13.2. The third-order valence-corrected chi connectivity index (χ3v) is 5.82. The summed E-state index contributed by atoms with van der Waals surface area (Å²) in [5.41, 5.74) is 4.90. The van der Waals surface area contributed by atoms with Gasteiger partial charge in [-0.1, -0.05) is 48.0 Å². The van der Waals surface area contributed by atoms with Crippen molar-refractivity contribution in [2.24, 2.45) is 10.9 Å². The first-order chi connectivity index (χ1) is 12.6. The minimum absolute atomic E-state index is 0.0502. The van der Waals surface area contributed by atoms with Gasteiger partial charge in [0.2, 0.25) is 0 Å². The lowest BCUT2D eigenvalue weighted by Crippen LogP contribution is -2.33. The number of Topliss-reactive ketones (excluding diaryl/α,β-unsaturated/α-hetero) is 2. The van der Waals surface area contributed by atoms with E-state index < -0.39 is 5.92 Å². The van der Waals surface area contributed by atoms with Crippen LogP contribution in [0, 0.1) is 5.92 Å². The van der Waals surface area contributed by atoms with Crippen LogP contribution in [0.1, 0.15) is 46.7 Å². The van der Waals surface area contributed by atoms with E-state index in [1.807, 2.05) is 48.5 Å². The van der Waals surface area contributed by atoms with Gasteiger partial charge in [-0.3, -0.25) is 14.6 Å². The molecule has 2 atom stereocenters. The zero-order chi connectivity index (χ0) is 17.8. The molecule has 0 fully saturated rings. The fourth-order valence-electron chi connectivity index (χ4n) is 4.51. The van der Waals surface area contributed by atoms with Crippen LogP contribution in [0.25, 0.3) is 0 Å². The molecule has 0 radical (unpaired) electrons. The Morgan fingerprint density at radius 1 is 0.923 bits per heavy atom. The molecule has 1 heterocycles. The fraction of sp³-hybridized carbons (Fsp3) is 0.227. The Hall–Kier alpha value is -2.52. The van der Waals surface area contributed by atoms with Gasteiger partial charge in [0.1, 0.15) is 0 Å². The average Bonchev–Trinajstić information content (AvgIpc) is 2.93. The number of nitrogens with zero attached hydrogens (tertiary/aromatic N) is 1. The Kier molecular flexibility index (Phi) is 3.47. The van der Waals surface area contributed by atoms with E-state index in [-0.39, 0.29) is 17.5 Å². The molecular formula is C22H16ClNO2. The van der Waals surface area contributed by atoms with Crippen LogP contribution in [0.3, 0.4) is 0 Å². The molecule has 0 spiro atoms. The Morgan fingerprint density at radius 3 is 2.54 bits per heavy atom. The largest absolute Gasteiger partial charge is 0.294 e. The van der Waals surface area contributed by atoms with E-state index in [1.165, 1.54) is 0 Å². The zero-order valence-electron chi connectivity index (χ0n) is 14.0. The van der Waals surface area contributed by atoms with E-state index >= 15 is 0 Å². The van der Waals surface area contributed by atoms with Gasteiger partial charge in [-0.05, 0) is 30.5 Å². The molecule has 2 aromatic carbocycles. The topological polar surface area (TPSA) is 46.5 Å². The van der Waals surface area contributed by atoms with Crippen LogP contribution in [-0.2, 0) is 4.79 Å². The molecule has 0 saturated heterocycles. The summed E-state index contributed by atoms with van der Waals surface area (Å²) in [6.45, 7) is 0. The summed E-state index contributed by atoms with van der Waals surface area (Å²) in [7, 11) is 0. The van der Waals surface area contributed by atoms with Crippen LogP contribution in [-0.4, -0.2) is 17.3 Å². The zero-order valence-corrected chi connectivity index (χ0v) is 14.8. The molecule has 3 nitrogen and oxygen atoms in total. The molecule has 3 aliphatic rings. The molecule has 5 rings (SSSR count). The predicted octanol–water partition coefficient (Wildman–Crippen LogP) is 4.75. The van der Waals surface area contributed by atoms with Crippen LogP contribution in [0.4, 0.5) is 0 Å². The highest BCUT2D eigenvalue weighted by Gasteiger charge is 2.48. The Balaban J connectivity index is 1.78. The molecular weight excluding hydrogens is 346 g/mol. The van der Waals surface area contributed by atoms with Crippen molar-refractivity contribution >= 4 is 28.9 Å². The third-order valence-electron chi connectivity index (χ3n) is 5.58. The molecule has 2 aliphatic carbocycles. The maximum Gasteiger partial charge on any atom is 0.173 e. The number of hydrogen-bond acceptors (Lipinski definition) is 3. The van der Waals surface area contributed by atoms with Gasteiger partial charge in [0.25, 0.3) is 0 Å². The smallest absolute Gasteiger partial charge is 0.173 e. The minimum Gasteiger partial charge on any atom is -0.294 e. The van der Waals surface area contributed by atoms with Gasteiger partial charge in [-0.15, -0.1) is 0 Å². The Bertz CT molecular complexity index is 1030. The number of rotatable bonds is 1. The lowest BCUT2D eigenvalue weighted by molar-refractivity contribution is -0.116. The second-order valence-electron chi connectivity index (χ2n) is 7.05. The summed E-state index contributed by atoms with van der Waals surface area (Å²) >= 11 is 6.23. The van der Waals surface area contributed by atoms with E-state index in [1.54, 1.807) is 0 Å². The van der Waals surface area contributed by atoms with Crippen molar-refractivity contribution in [2.45, 2.75) is 25.2 Å². The van der Waals surface area contributed by atoms with Crippen molar-refractivity contribution in [1.29, 1.82) is 0 Å². The molecule has 0 bridgehead atoms. The van der Waals surface area contributed by atoms with Crippen LogP contribution in [0.5, 0.6) is 0 Å². The Morgan fingerprint density at radius 2 is 1.73 bits per heavy atom. The lowest BCUT2D eigenvalue weighted by Gasteiger charge is -2.33. The van der Waals surface area contributed by atoms with Gasteiger partial charge in [0, 0.05) is 39.8 Å². The molecule has 2 aromatic rings. The normalized spacial score (nSPS) is 24.1. The molecule has 0 aromatic heterocycles. The van der Waals surface area contributed by atoms with E-state index in [4.69, 9.17) is 16.6 Å². The molecule has 4 heteroatoms. The highest BCUT2D eigenvalue weighted by atomic mass is 35.5. The first-order valence-corrected chi connectivity index (χ1v) is 9.27. The molecule has 0 N–H and O–H groups in total. The molecule has 26 heavy (non-hydrogen) atoms. The number of ketones is 2. The number of halogens is 1. The summed E-state index contributed by atoms with van der Waals surface area (Å²) in [6, 6.07) is 15.1. The van der Waals surface area contributed by atoms with Crippen molar-refractivity contribution in [1.82, 2.24) is 0 Å². The standard InChI is InChI=1S/C22H16ClNO2/c23-13-6-3-5-12(11-13)18-19-16(9-4-10-17(19)25)24-21-14-7-1-2-8-15(14)22(26)20(18)21/h1-3,5-8,11,18,20H,4,9-10H2. The van der Waals surface area contributed by atoms with Gasteiger partial charge < -0.3 is 0 Å². The minimum atomic E-state index is -0.438. The number of aliphatic imine (C=N–C) groups is 1. The molecule has 2 unspecified atom stereocenters. The van der Waals surface area contributed by atoms with E-state index in [9.17, 15) is 9.59 Å². The van der Waals surface area contributed by atoms with Gasteiger partial charge in [-0.25, -0.2) is 0 Å². The summed E-state index contributed by atoms with van der Waals surface area (Å²) in [6.07, 6.45) is 2.12. The van der Waals surface area contributed by atoms with Crippen molar-refractivity contribution < 1.29 is 9.59 Å². The van der Waals surface area contributed by atoms with Crippen molar-refractivity contribution in [2.75, 3.05) is 0 Å². The molecule has 0 amide bonds. The third kappa shape index (κ3) is 2.17. The number of carbonyl (C=O) groups excluding carboxylic acids is 2. The number of carbonyl (C=O) groups is 2. The van der Waals surface area contributed by atoms with Crippen molar-refractivity contribution in [3.63, 3.8) is 0 Å². The Labute approximate surface area is 156 Å². The first kappa shape index (κ1) is 15.7. The lowest BCUT2D eigenvalue weighted by atomic mass is 9.71. The predicted molar refractivity (Wildman–Crippen MR) is 101 cm³/mol. The van der Waals surface area contributed by atoms with E-state index in [0.717, 1.165) is 35.4 Å². The highest BCUT2D eigenvalue weighted by molar-refractivity contribution is 6.31. The SMILES string of the molecule is O=C1CCCC2=C1C(c1cccc(Cl)c1)C1C(=O)c3ccccc3C1=N2. The summed E-state index contributed by atoms with van der Waals surface area (Å²) in [4.78, 5) is 30.9. The van der Waals surface area contributed by atoms with Gasteiger partial charge >= 0.3 is 0 Å². The summed E-state index contributed by atoms with van der Waals surface area (Å²) < 4.78 is 0. The quantitative estimate of drug-likeness (QED) is 0.736. The van der Waals surface area contributed by atoms with Crippen molar-refractivity contribution in [3.05, 3.63) is 81.5 Å². The second-order valence-corrected chi connectivity index (χ2v) is 7.49. The number of fused-ring (bicyclic) bond motifs is 3. The van der Waals surface area contributed by atoms with Gasteiger partial charge in [0.05, 0.1) is 11.6 Å². The molecule has 1 aliphatic heterocycles. The summed E-state index contributed by atoms with van der Waals surface area (Å²) in [5, 5.41) is 0.611. The van der Waals surface area contributed by atoms with Gasteiger partial charge in [0.15, 0.2) is 11.6 Å². The van der Waals surface area contributed by atoms with Crippen LogP contribution in [0.15, 0.2) is 64.8 Å². The van der Waals surface area contributed by atoms with Crippen LogP contribution in [0.2, 0.25) is 5.02 Å². The second kappa shape index (κ2) is 5.75. The monoisotopic (exact) mass is 361 g/mol. The van der Waals surface area contributed by atoms with Crippen molar-refractivity contribution in [3.8, 4) is 0 Å². The number of hydrogen-bond donors (Lipinski definition) is 0. The molecule has 128 valence electrons. The van der Waals surface area contributed by atoms with Gasteiger partial charge in [-0.2, -0.15) is 0 Å². The first-order valence-electron chi connectivity index (χ1n) is 8.89. The molecule has 0 saturated carbocycles. The number of allylic oxidation sites excluding steroid dienone is 2. The highest BCUT2D eigenvalue weighted by Crippen LogP contribution is 2.48. The summed E-state index contributed by atoms with van der Waals surface area (Å²) in [5.74, 6) is -0.576. The maximum atomic E-state index is 13.2. The van der Waals surface area contributed by atoms with Crippen LogP contribution < -0.4 is 0 Å². The fourth-order valence-corrected chi connectivity index (χ4v) is 4.71. The van der Waals surface area contributed by atoms with E-state index in [2.05, 4.69) is 0 Å². The number of benzene rings is 2. The van der Waals surface area contributed by atoms with Crippen LogP contribution >= 0.6 is 11.6 Å². The van der Waals surface area contributed by atoms with E-state index in [0.29, 0.717) is 22.6 Å².